The maximum atomic E-state index is 5.30. The van der Waals surface area contributed by atoms with Gasteiger partial charge in [0.25, 0.3) is 0 Å². The molecule has 0 spiro atoms. The van der Waals surface area contributed by atoms with Crippen LogP contribution in [0.1, 0.15) is 45.4 Å². The maximum Gasteiger partial charge on any atom is 0.0618 e. The zero-order valence-corrected chi connectivity index (χ0v) is 10.9. The van der Waals surface area contributed by atoms with Crippen molar-refractivity contribution in [3.8, 4) is 0 Å². The van der Waals surface area contributed by atoms with Gasteiger partial charge in [-0.1, -0.05) is 19.8 Å². The second-order valence-corrected chi connectivity index (χ2v) is 5.93. The summed E-state index contributed by atoms with van der Waals surface area (Å²) in [5.41, 5.74) is 0. The van der Waals surface area contributed by atoms with E-state index in [1.54, 1.807) is 0 Å². The SMILES string of the molecule is COCC(NCC1CCC(C)CC1)C1CC1. The van der Waals surface area contributed by atoms with Gasteiger partial charge in [0.1, 0.15) is 0 Å². The third kappa shape index (κ3) is 3.74. The van der Waals surface area contributed by atoms with Crippen LogP contribution in [0.5, 0.6) is 0 Å². The van der Waals surface area contributed by atoms with Gasteiger partial charge in [0.2, 0.25) is 0 Å². The van der Waals surface area contributed by atoms with Crippen molar-refractivity contribution >= 4 is 0 Å². The first-order valence-electron chi connectivity index (χ1n) is 7.02. The van der Waals surface area contributed by atoms with Gasteiger partial charge in [0.15, 0.2) is 0 Å². The van der Waals surface area contributed by atoms with Crippen LogP contribution in [0.25, 0.3) is 0 Å². The summed E-state index contributed by atoms with van der Waals surface area (Å²) in [4.78, 5) is 0. The van der Waals surface area contributed by atoms with Gasteiger partial charge in [0, 0.05) is 13.2 Å². The Balaban J connectivity index is 1.65. The molecule has 1 N–H and O–H groups in total. The molecule has 0 heterocycles. The highest BCUT2D eigenvalue weighted by Crippen LogP contribution is 2.33. The quantitative estimate of drug-likeness (QED) is 0.750. The smallest absolute Gasteiger partial charge is 0.0618 e. The Morgan fingerprint density at radius 2 is 1.81 bits per heavy atom. The van der Waals surface area contributed by atoms with Gasteiger partial charge < -0.3 is 10.1 Å². The highest BCUT2D eigenvalue weighted by atomic mass is 16.5. The third-order valence-electron chi connectivity index (χ3n) is 4.34. The second kappa shape index (κ2) is 6.02. The molecule has 16 heavy (non-hydrogen) atoms. The Kier molecular flexibility index (Phi) is 4.66. The molecule has 0 aromatic carbocycles. The van der Waals surface area contributed by atoms with Crippen molar-refractivity contribution in [1.82, 2.24) is 5.32 Å². The average molecular weight is 225 g/mol. The lowest BCUT2D eigenvalue weighted by atomic mass is 9.83. The van der Waals surface area contributed by atoms with E-state index in [1.165, 1.54) is 45.1 Å². The van der Waals surface area contributed by atoms with Crippen LogP contribution < -0.4 is 5.32 Å². The summed E-state index contributed by atoms with van der Waals surface area (Å²) >= 11 is 0. The van der Waals surface area contributed by atoms with Gasteiger partial charge in [-0.05, 0) is 50.0 Å². The third-order valence-corrected chi connectivity index (χ3v) is 4.34. The van der Waals surface area contributed by atoms with E-state index in [0.29, 0.717) is 6.04 Å². The molecule has 94 valence electrons. The normalized spacial score (nSPS) is 32.6. The fourth-order valence-electron chi connectivity index (χ4n) is 2.89. The van der Waals surface area contributed by atoms with Crippen molar-refractivity contribution in [3.05, 3.63) is 0 Å². The Morgan fingerprint density at radius 1 is 1.12 bits per heavy atom. The van der Waals surface area contributed by atoms with Crippen LogP contribution in [-0.4, -0.2) is 26.3 Å². The molecule has 2 fully saturated rings. The lowest BCUT2D eigenvalue weighted by Crippen LogP contribution is -2.39. The van der Waals surface area contributed by atoms with Crippen LogP contribution in [0.15, 0.2) is 0 Å². The van der Waals surface area contributed by atoms with E-state index < -0.39 is 0 Å². The summed E-state index contributed by atoms with van der Waals surface area (Å²) in [6, 6.07) is 0.629. The summed E-state index contributed by atoms with van der Waals surface area (Å²) in [7, 11) is 1.82. The van der Waals surface area contributed by atoms with Crippen LogP contribution in [0.4, 0.5) is 0 Å². The summed E-state index contributed by atoms with van der Waals surface area (Å²) in [5, 5.41) is 3.74. The molecular formula is C14H27NO. The van der Waals surface area contributed by atoms with E-state index in [2.05, 4.69) is 12.2 Å². The van der Waals surface area contributed by atoms with Crippen molar-refractivity contribution < 1.29 is 4.74 Å². The number of rotatable bonds is 6. The van der Waals surface area contributed by atoms with Crippen LogP contribution in [0.2, 0.25) is 0 Å². The first kappa shape index (κ1) is 12.4. The van der Waals surface area contributed by atoms with Crippen molar-refractivity contribution in [3.63, 3.8) is 0 Å². The lowest BCUT2D eigenvalue weighted by Gasteiger charge is -2.28. The van der Waals surface area contributed by atoms with Gasteiger partial charge in [-0.25, -0.2) is 0 Å². The van der Waals surface area contributed by atoms with Gasteiger partial charge in [0.05, 0.1) is 6.61 Å². The maximum absolute atomic E-state index is 5.30. The molecular weight excluding hydrogens is 198 g/mol. The topological polar surface area (TPSA) is 21.3 Å². The molecule has 2 rings (SSSR count). The number of nitrogens with one attached hydrogen (secondary N) is 1. The molecule has 2 aliphatic carbocycles. The fraction of sp³-hybridized carbons (Fsp3) is 1.00. The summed E-state index contributed by atoms with van der Waals surface area (Å²) in [6.45, 7) is 4.51. The minimum atomic E-state index is 0.629. The molecule has 1 atom stereocenters. The Hall–Kier alpha value is -0.0800. The number of hydrogen-bond acceptors (Lipinski definition) is 2. The molecule has 0 aromatic heterocycles. The molecule has 2 heteroatoms. The number of hydrogen-bond donors (Lipinski definition) is 1. The highest BCUT2D eigenvalue weighted by molar-refractivity contribution is 4.87. The summed E-state index contributed by atoms with van der Waals surface area (Å²) < 4.78 is 5.30. The lowest BCUT2D eigenvalue weighted by molar-refractivity contribution is 0.151. The Morgan fingerprint density at radius 3 is 2.38 bits per heavy atom. The highest BCUT2D eigenvalue weighted by Gasteiger charge is 2.31. The molecule has 0 amide bonds. The van der Waals surface area contributed by atoms with E-state index >= 15 is 0 Å². The largest absolute Gasteiger partial charge is 0.383 e. The van der Waals surface area contributed by atoms with Crippen molar-refractivity contribution in [2.45, 2.75) is 51.5 Å². The minimum Gasteiger partial charge on any atom is -0.383 e. The van der Waals surface area contributed by atoms with Crippen LogP contribution in [-0.2, 0) is 4.74 Å². The first-order valence-corrected chi connectivity index (χ1v) is 7.02. The molecule has 2 aliphatic rings. The predicted molar refractivity (Wildman–Crippen MR) is 67.5 cm³/mol. The molecule has 0 aromatic rings. The van der Waals surface area contributed by atoms with E-state index in [9.17, 15) is 0 Å². The van der Waals surface area contributed by atoms with Gasteiger partial charge in [-0.2, -0.15) is 0 Å². The molecule has 0 saturated heterocycles. The van der Waals surface area contributed by atoms with Gasteiger partial charge in [-0.3, -0.25) is 0 Å². The minimum absolute atomic E-state index is 0.629. The van der Waals surface area contributed by atoms with E-state index in [1.807, 2.05) is 7.11 Å². The first-order chi connectivity index (χ1) is 7.79. The molecule has 2 nitrogen and oxygen atoms in total. The molecule has 0 bridgehead atoms. The second-order valence-electron chi connectivity index (χ2n) is 5.93. The summed E-state index contributed by atoms with van der Waals surface area (Å²) in [6.07, 6.45) is 8.54. The Labute approximate surface area is 100 Å². The number of methoxy groups -OCH3 is 1. The van der Waals surface area contributed by atoms with E-state index in [0.717, 1.165) is 24.4 Å². The van der Waals surface area contributed by atoms with Crippen molar-refractivity contribution in [2.24, 2.45) is 17.8 Å². The standard InChI is InChI=1S/C14H27NO/c1-11-3-5-12(6-4-11)9-15-14(10-16-2)13-7-8-13/h11-15H,3-10H2,1-2H3. The van der Waals surface area contributed by atoms with Crippen LogP contribution >= 0.6 is 0 Å². The molecule has 0 radical (unpaired) electrons. The van der Waals surface area contributed by atoms with Crippen molar-refractivity contribution in [1.29, 1.82) is 0 Å². The van der Waals surface area contributed by atoms with Crippen molar-refractivity contribution in [2.75, 3.05) is 20.3 Å². The van der Waals surface area contributed by atoms with Crippen LogP contribution in [0.3, 0.4) is 0 Å². The van der Waals surface area contributed by atoms with Gasteiger partial charge >= 0.3 is 0 Å². The number of ether oxygens (including phenoxy) is 1. The van der Waals surface area contributed by atoms with E-state index in [4.69, 9.17) is 4.74 Å². The predicted octanol–water partition coefficient (Wildman–Crippen LogP) is 2.83. The van der Waals surface area contributed by atoms with E-state index in [-0.39, 0.29) is 0 Å². The monoisotopic (exact) mass is 225 g/mol. The molecule has 0 aliphatic heterocycles. The fourth-order valence-corrected chi connectivity index (χ4v) is 2.89. The molecule has 2 saturated carbocycles. The summed E-state index contributed by atoms with van der Waals surface area (Å²) in [5.74, 6) is 2.80. The Bertz CT molecular complexity index is 195. The van der Waals surface area contributed by atoms with Crippen LogP contribution in [0, 0.1) is 17.8 Å². The average Bonchev–Trinajstić information content (AvgIpc) is 3.10. The zero-order valence-electron chi connectivity index (χ0n) is 10.9. The molecule has 1 unspecified atom stereocenters. The van der Waals surface area contributed by atoms with Gasteiger partial charge in [-0.15, -0.1) is 0 Å². The zero-order chi connectivity index (χ0) is 11.4.